The van der Waals surface area contributed by atoms with Gasteiger partial charge in [0.05, 0.1) is 11.6 Å². The SMILES string of the molecule is COc1c(Br)cc(Br)cc1CNC1CCCC1SC. The zero-order valence-electron chi connectivity index (χ0n) is 11.2. The molecule has 0 bridgehead atoms. The van der Waals surface area contributed by atoms with Crippen LogP contribution in [-0.2, 0) is 6.54 Å². The summed E-state index contributed by atoms with van der Waals surface area (Å²) in [6.07, 6.45) is 6.16. The van der Waals surface area contributed by atoms with Crippen molar-refractivity contribution in [2.75, 3.05) is 13.4 Å². The molecule has 19 heavy (non-hydrogen) atoms. The molecule has 0 amide bonds. The lowest BCUT2D eigenvalue weighted by molar-refractivity contribution is 0.402. The van der Waals surface area contributed by atoms with Crippen molar-refractivity contribution in [2.45, 2.75) is 37.1 Å². The molecule has 0 radical (unpaired) electrons. The van der Waals surface area contributed by atoms with E-state index in [2.05, 4.69) is 49.5 Å². The minimum atomic E-state index is 0.623. The van der Waals surface area contributed by atoms with E-state index in [1.165, 1.54) is 24.8 Å². The van der Waals surface area contributed by atoms with Crippen LogP contribution in [0.15, 0.2) is 21.1 Å². The number of benzene rings is 1. The summed E-state index contributed by atoms with van der Waals surface area (Å²) in [6.45, 7) is 0.850. The molecule has 106 valence electrons. The highest BCUT2D eigenvalue weighted by Gasteiger charge is 2.26. The van der Waals surface area contributed by atoms with Crippen LogP contribution in [0.1, 0.15) is 24.8 Å². The van der Waals surface area contributed by atoms with E-state index in [1.807, 2.05) is 17.8 Å². The van der Waals surface area contributed by atoms with E-state index in [1.54, 1.807) is 7.11 Å². The molecule has 5 heteroatoms. The molecule has 0 saturated heterocycles. The third-order valence-electron chi connectivity index (χ3n) is 3.60. The molecule has 2 nitrogen and oxygen atoms in total. The van der Waals surface area contributed by atoms with Crippen molar-refractivity contribution in [3.63, 3.8) is 0 Å². The summed E-state index contributed by atoms with van der Waals surface area (Å²) in [4.78, 5) is 0. The second-order valence-corrected chi connectivity index (χ2v) is 7.62. The normalized spacial score (nSPS) is 22.7. The van der Waals surface area contributed by atoms with Gasteiger partial charge in [0.2, 0.25) is 0 Å². The Kier molecular flexibility index (Phi) is 6.06. The molecule has 1 fully saturated rings. The maximum atomic E-state index is 5.49. The molecular formula is C14H19Br2NOS. The number of halogens is 2. The summed E-state index contributed by atoms with van der Waals surface area (Å²) < 4.78 is 7.55. The molecular weight excluding hydrogens is 390 g/mol. The van der Waals surface area contributed by atoms with Gasteiger partial charge in [0, 0.05) is 27.9 Å². The minimum absolute atomic E-state index is 0.623. The second-order valence-electron chi connectivity index (χ2n) is 4.77. The van der Waals surface area contributed by atoms with Gasteiger partial charge in [-0.25, -0.2) is 0 Å². The lowest BCUT2D eigenvalue weighted by Crippen LogP contribution is -2.33. The third kappa shape index (κ3) is 3.90. The molecule has 2 atom stereocenters. The van der Waals surface area contributed by atoms with Crippen LogP contribution < -0.4 is 10.1 Å². The van der Waals surface area contributed by atoms with E-state index < -0.39 is 0 Å². The topological polar surface area (TPSA) is 21.3 Å². The van der Waals surface area contributed by atoms with Gasteiger partial charge in [0.15, 0.2) is 0 Å². The highest BCUT2D eigenvalue weighted by Crippen LogP contribution is 2.33. The predicted molar refractivity (Wildman–Crippen MR) is 90.2 cm³/mol. The number of nitrogens with one attached hydrogen (secondary N) is 1. The Morgan fingerprint density at radius 3 is 2.84 bits per heavy atom. The Labute approximate surface area is 136 Å². The van der Waals surface area contributed by atoms with Crippen molar-refractivity contribution in [2.24, 2.45) is 0 Å². The van der Waals surface area contributed by atoms with Gasteiger partial charge >= 0.3 is 0 Å². The Hall–Kier alpha value is 0.290. The molecule has 0 aliphatic heterocycles. The van der Waals surface area contributed by atoms with E-state index in [0.717, 1.165) is 26.5 Å². The van der Waals surface area contributed by atoms with Gasteiger partial charge in [0.1, 0.15) is 5.75 Å². The highest BCUT2D eigenvalue weighted by molar-refractivity contribution is 9.11. The molecule has 1 aliphatic rings. The third-order valence-corrected chi connectivity index (χ3v) is 5.82. The molecule has 1 aliphatic carbocycles. The van der Waals surface area contributed by atoms with Crippen LogP contribution in [0.2, 0.25) is 0 Å². The molecule has 0 aromatic heterocycles. The predicted octanol–water partition coefficient (Wildman–Crippen LogP) is 4.59. The van der Waals surface area contributed by atoms with Gasteiger partial charge in [-0.05, 0) is 47.2 Å². The summed E-state index contributed by atoms with van der Waals surface area (Å²) in [6, 6.07) is 4.76. The first-order valence-corrected chi connectivity index (χ1v) is 9.31. The fraction of sp³-hybridized carbons (Fsp3) is 0.571. The van der Waals surface area contributed by atoms with Crippen LogP contribution >= 0.6 is 43.6 Å². The fourth-order valence-electron chi connectivity index (χ4n) is 2.66. The number of rotatable bonds is 5. The van der Waals surface area contributed by atoms with Crippen LogP contribution in [-0.4, -0.2) is 24.7 Å². The number of hydrogen-bond acceptors (Lipinski definition) is 3. The number of methoxy groups -OCH3 is 1. The van der Waals surface area contributed by atoms with Crippen LogP contribution in [0.4, 0.5) is 0 Å². The monoisotopic (exact) mass is 407 g/mol. The first-order chi connectivity index (χ1) is 9.15. The fourth-order valence-corrected chi connectivity index (χ4v) is 5.10. The number of hydrogen-bond donors (Lipinski definition) is 1. The summed E-state index contributed by atoms with van der Waals surface area (Å²) in [5, 5.41) is 4.44. The summed E-state index contributed by atoms with van der Waals surface area (Å²) >= 11 is 9.07. The first-order valence-electron chi connectivity index (χ1n) is 6.43. The van der Waals surface area contributed by atoms with Crippen LogP contribution in [0, 0.1) is 0 Å². The zero-order valence-corrected chi connectivity index (χ0v) is 15.2. The van der Waals surface area contributed by atoms with Gasteiger partial charge in [-0.3, -0.25) is 0 Å². The van der Waals surface area contributed by atoms with Crippen molar-refractivity contribution in [1.82, 2.24) is 5.32 Å². The summed E-state index contributed by atoms with van der Waals surface area (Å²) in [5.74, 6) is 0.925. The van der Waals surface area contributed by atoms with Crippen molar-refractivity contribution in [3.05, 3.63) is 26.6 Å². The molecule has 2 unspecified atom stereocenters. The largest absolute Gasteiger partial charge is 0.495 e. The molecule has 1 N–H and O–H groups in total. The molecule has 0 spiro atoms. The maximum Gasteiger partial charge on any atom is 0.137 e. The second kappa shape index (κ2) is 7.34. The standard InChI is InChI=1S/C14H19Br2NOS/c1-18-14-9(6-10(15)7-11(14)16)8-17-12-4-3-5-13(12)19-2/h6-7,12-13,17H,3-5,8H2,1-2H3. The van der Waals surface area contributed by atoms with Crippen molar-refractivity contribution < 1.29 is 4.74 Å². The van der Waals surface area contributed by atoms with E-state index >= 15 is 0 Å². The Balaban J connectivity index is 2.06. The maximum absolute atomic E-state index is 5.49. The Bertz CT molecular complexity index is 442. The molecule has 2 rings (SSSR count). The number of ether oxygens (including phenoxy) is 1. The summed E-state index contributed by atoms with van der Waals surface area (Å²) in [7, 11) is 1.72. The van der Waals surface area contributed by atoms with Gasteiger partial charge in [0.25, 0.3) is 0 Å². The van der Waals surface area contributed by atoms with Crippen molar-refractivity contribution >= 4 is 43.6 Å². The minimum Gasteiger partial charge on any atom is -0.495 e. The summed E-state index contributed by atoms with van der Waals surface area (Å²) in [5.41, 5.74) is 1.19. The zero-order chi connectivity index (χ0) is 13.8. The van der Waals surface area contributed by atoms with Crippen molar-refractivity contribution in [3.8, 4) is 5.75 Å². The van der Waals surface area contributed by atoms with Gasteiger partial charge in [-0.1, -0.05) is 22.4 Å². The highest BCUT2D eigenvalue weighted by atomic mass is 79.9. The van der Waals surface area contributed by atoms with Crippen molar-refractivity contribution in [1.29, 1.82) is 0 Å². The van der Waals surface area contributed by atoms with E-state index in [-0.39, 0.29) is 0 Å². The molecule has 1 saturated carbocycles. The lowest BCUT2D eigenvalue weighted by atomic mass is 10.1. The van der Waals surface area contributed by atoms with E-state index in [9.17, 15) is 0 Å². The Morgan fingerprint density at radius 2 is 2.16 bits per heavy atom. The van der Waals surface area contributed by atoms with Crippen LogP contribution in [0.25, 0.3) is 0 Å². The molecule has 1 aromatic carbocycles. The Morgan fingerprint density at radius 1 is 1.37 bits per heavy atom. The average Bonchev–Trinajstić information content (AvgIpc) is 2.83. The lowest BCUT2D eigenvalue weighted by Gasteiger charge is -2.20. The van der Waals surface area contributed by atoms with Crippen LogP contribution in [0.3, 0.4) is 0 Å². The first kappa shape index (κ1) is 15.7. The van der Waals surface area contributed by atoms with E-state index in [4.69, 9.17) is 4.74 Å². The van der Waals surface area contributed by atoms with Gasteiger partial charge in [-0.2, -0.15) is 11.8 Å². The van der Waals surface area contributed by atoms with Gasteiger partial charge in [-0.15, -0.1) is 0 Å². The molecule has 1 aromatic rings. The average molecular weight is 409 g/mol. The van der Waals surface area contributed by atoms with Gasteiger partial charge < -0.3 is 10.1 Å². The van der Waals surface area contributed by atoms with E-state index in [0.29, 0.717) is 6.04 Å². The van der Waals surface area contributed by atoms with Crippen LogP contribution in [0.5, 0.6) is 5.75 Å². The smallest absolute Gasteiger partial charge is 0.137 e. The molecule has 0 heterocycles. The quantitative estimate of drug-likeness (QED) is 0.769. The number of thioether (sulfide) groups is 1.